The van der Waals surface area contributed by atoms with Crippen LogP contribution in [0.15, 0.2) is 53.3 Å². The topological polar surface area (TPSA) is 105 Å². The Hall–Kier alpha value is -3.36. The maximum atomic E-state index is 12.3. The maximum Gasteiger partial charge on any atom is 0.260 e. The van der Waals surface area contributed by atoms with Crippen LogP contribution in [0.25, 0.3) is 33.6 Å². The van der Waals surface area contributed by atoms with Crippen LogP contribution < -0.4 is 0 Å². The van der Waals surface area contributed by atoms with Gasteiger partial charge in [0.1, 0.15) is 11.2 Å². The van der Waals surface area contributed by atoms with Crippen LogP contribution in [0, 0.1) is 0 Å². The molecule has 0 radical (unpaired) electrons. The van der Waals surface area contributed by atoms with Crippen molar-refractivity contribution >= 4 is 28.4 Å². The summed E-state index contributed by atoms with van der Waals surface area (Å²) in [4.78, 5) is 26.8. The summed E-state index contributed by atoms with van der Waals surface area (Å²) < 4.78 is 5.44. The number of rotatable bonds is 3. The Labute approximate surface area is 176 Å². The number of nitrogens with zero attached hydrogens (tertiary/aromatic N) is 5. The van der Waals surface area contributed by atoms with E-state index >= 15 is 0 Å². The van der Waals surface area contributed by atoms with E-state index in [0.717, 1.165) is 16.5 Å². The second kappa shape index (κ2) is 6.86. The van der Waals surface area contributed by atoms with Crippen LogP contribution in [-0.4, -0.2) is 49.6 Å². The Bertz CT molecular complexity index is 1290. The highest BCUT2D eigenvalue weighted by Crippen LogP contribution is 2.35. The van der Waals surface area contributed by atoms with Crippen molar-refractivity contribution in [2.45, 2.75) is 12.0 Å². The van der Waals surface area contributed by atoms with E-state index < -0.39 is 5.60 Å². The second-order valence-electron chi connectivity index (χ2n) is 7.23. The van der Waals surface area contributed by atoms with Crippen molar-refractivity contribution in [3.05, 3.63) is 59.6 Å². The number of carbonyl (C=O) groups excluding carboxylic acids is 1. The molecule has 4 aromatic rings. The van der Waals surface area contributed by atoms with E-state index in [9.17, 15) is 9.90 Å². The summed E-state index contributed by atoms with van der Waals surface area (Å²) in [6.45, 7) is 0.462. The molecule has 1 aromatic carbocycles. The lowest BCUT2D eigenvalue weighted by atomic mass is 9.97. The Morgan fingerprint density at radius 1 is 1.20 bits per heavy atom. The first-order chi connectivity index (χ1) is 14.5. The van der Waals surface area contributed by atoms with Crippen LogP contribution in [-0.2, 0) is 10.4 Å². The third-order valence-electron chi connectivity index (χ3n) is 5.30. The first-order valence-electron chi connectivity index (χ1n) is 9.29. The number of halogens is 1. The molecule has 150 valence electrons. The summed E-state index contributed by atoms with van der Waals surface area (Å²) in [5.41, 5.74) is 0.594. The predicted molar refractivity (Wildman–Crippen MR) is 109 cm³/mol. The molecule has 5 rings (SSSR count). The Morgan fingerprint density at radius 2 is 2.03 bits per heavy atom. The van der Waals surface area contributed by atoms with Crippen LogP contribution in [0.3, 0.4) is 0 Å². The molecule has 1 unspecified atom stereocenters. The molecule has 0 bridgehead atoms. The first-order valence-corrected chi connectivity index (χ1v) is 9.67. The van der Waals surface area contributed by atoms with Gasteiger partial charge >= 0.3 is 0 Å². The van der Waals surface area contributed by atoms with Gasteiger partial charge < -0.3 is 14.5 Å². The zero-order valence-corrected chi connectivity index (χ0v) is 16.7. The summed E-state index contributed by atoms with van der Waals surface area (Å²) in [5, 5.41) is 15.8. The zero-order valence-electron chi connectivity index (χ0n) is 15.9. The van der Waals surface area contributed by atoms with Crippen LogP contribution in [0.2, 0.25) is 5.15 Å². The second-order valence-corrected chi connectivity index (χ2v) is 7.59. The van der Waals surface area contributed by atoms with Gasteiger partial charge in [0.15, 0.2) is 22.3 Å². The zero-order chi connectivity index (χ0) is 20.9. The summed E-state index contributed by atoms with van der Waals surface area (Å²) in [7, 11) is 1.65. The summed E-state index contributed by atoms with van der Waals surface area (Å²) in [6.07, 6.45) is 3.58. The number of benzene rings is 1. The van der Waals surface area contributed by atoms with E-state index in [1.165, 1.54) is 4.90 Å². The summed E-state index contributed by atoms with van der Waals surface area (Å²) in [6, 6.07) is 10.8. The van der Waals surface area contributed by atoms with Crippen molar-refractivity contribution in [3.8, 4) is 22.7 Å². The molecule has 1 atom stereocenters. The molecule has 0 aliphatic carbocycles. The molecule has 8 nitrogen and oxygen atoms in total. The molecule has 1 amide bonds. The highest BCUT2D eigenvalue weighted by atomic mass is 35.5. The number of hydrogen-bond acceptors (Lipinski definition) is 7. The van der Waals surface area contributed by atoms with Crippen LogP contribution in [0.5, 0.6) is 0 Å². The summed E-state index contributed by atoms with van der Waals surface area (Å²) in [5.74, 6) is 0.541. The minimum Gasteiger partial charge on any atom is -0.374 e. The molecule has 1 aliphatic rings. The molecule has 4 heterocycles. The van der Waals surface area contributed by atoms with E-state index in [1.807, 2.05) is 24.3 Å². The fourth-order valence-electron chi connectivity index (χ4n) is 3.57. The van der Waals surface area contributed by atoms with Crippen LogP contribution in [0.1, 0.15) is 12.1 Å². The third-order valence-corrected chi connectivity index (χ3v) is 5.58. The van der Waals surface area contributed by atoms with E-state index in [4.69, 9.17) is 16.1 Å². The number of fused-ring (bicyclic) bond motifs is 1. The molecule has 1 aliphatic heterocycles. The number of pyridine rings is 1. The molecular formula is C21H16ClN5O3. The van der Waals surface area contributed by atoms with Gasteiger partial charge in [-0.15, -0.1) is 0 Å². The predicted octanol–water partition coefficient (Wildman–Crippen LogP) is 3.05. The van der Waals surface area contributed by atoms with Crippen molar-refractivity contribution in [3.63, 3.8) is 0 Å². The minimum atomic E-state index is -1.65. The van der Waals surface area contributed by atoms with Gasteiger partial charge in [-0.3, -0.25) is 4.79 Å². The molecule has 30 heavy (non-hydrogen) atoms. The Morgan fingerprint density at radius 3 is 2.83 bits per heavy atom. The van der Waals surface area contributed by atoms with E-state index in [1.54, 1.807) is 31.6 Å². The van der Waals surface area contributed by atoms with E-state index in [0.29, 0.717) is 28.8 Å². The number of amides is 1. The largest absolute Gasteiger partial charge is 0.374 e. The smallest absolute Gasteiger partial charge is 0.260 e. The highest BCUT2D eigenvalue weighted by molar-refractivity contribution is 6.33. The molecule has 0 saturated carbocycles. The van der Waals surface area contributed by atoms with Gasteiger partial charge in [-0.25, -0.2) is 15.0 Å². The van der Waals surface area contributed by atoms with Crippen molar-refractivity contribution in [2.24, 2.45) is 0 Å². The average Bonchev–Trinajstić information content (AvgIpc) is 3.37. The standard InChI is InChI=1S/C21H16ClN5O3/c1-27-8-6-21(29,20(27)28)16-10-15(30-26-16)12-3-2-4-13(9-12)19-24-11-14-5-7-23-18(22)17(14)25-19/h2-5,7,9-11,29H,6,8H2,1H3. The monoisotopic (exact) mass is 421 g/mol. The van der Waals surface area contributed by atoms with Crippen molar-refractivity contribution in [2.75, 3.05) is 13.6 Å². The number of hydrogen-bond donors (Lipinski definition) is 1. The maximum absolute atomic E-state index is 12.3. The van der Waals surface area contributed by atoms with Crippen molar-refractivity contribution in [1.82, 2.24) is 25.0 Å². The van der Waals surface area contributed by atoms with Crippen molar-refractivity contribution < 1.29 is 14.4 Å². The average molecular weight is 422 g/mol. The number of likely N-dealkylation sites (N-methyl/N-ethyl adjacent to an activating group) is 1. The molecule has 1 fully saturated rings. The van der Waals surface area contributed by atoms with Gasteiger partial charge in [-0.05, 0) is 12.1 Å². The van der Waals surface area contributed by atoms with Gasteiger partial charge in [0.05, 0.1) is 0 Å². The molecular weight excluding hydrogens is 406 g/mol. The van der Waals surface area contributed by atoms with Crippen LogP contribution in [0.4, 0.5) is 0 Å². The normalized spacial score (nSPS) is 19.0. The minimum absolute atomic E-state index is 0.206. The molecule has 9 heteroatoms. The van der Waals surface area contributed by atoms with Crippen molar-refractivity contribution in [1.29, 1.82) is 0 Å². The number of likely N-dealkylation sites (tertiary alicyclic amines) is 1. The number of aliphatic hydroxyl groups is 1. The van der Waals surface area contributed by atoms with Gasteiger partial charge in [-0.2, -0.15) is 0 Å². The Kier molecular flexibility index (Phi) is 4.27. The number of carbonyl (C=O) groups is 1. The third kappa shape index (κ3) is 2.92. The summed E-state index contributed by atoms with van der Waals surface area (Å²) >= 11 is 6.16. The highest BCUT2D eigenvalue weighted by Gasteiger charge is 2.47. The quantitative estimate of drug-likeness (QED) is 0.507. The fourth-order valence-corrected chi connectivity index (χ4v) is 3.78. The molecule has 3 aromatic heterocycles. The molecule has 1 saturated heterocycles. The van der Waals surface area contributed by atoms with Gasteiger partial charge in [0.25, 0.3) is 5.91 Å². The van der Waals surface area contributed by atoms with Gasteiger partial charge in [-0.1, -0.05) is 35.0 Å². The lowest BCUT2D eigenvalue weighted by molar-refractivity contribution is -0.143. The lowest BCUT2D eigenvalue weighted by Crippen LogP contribution is -2.36. The first kappa shape index (κ1) is 18.7. The van der Waals surface area contributed by atoms with E-state index in [2.05, 4.69) is 20.1 Å². The fraction of sp³-hybridized carbons (Fsp3) is 0.190. The SMILES string of the molecule is CN1CCC(O)(c2cc(-c3cccc(-c4ncc5ccnc(Cl)c5n4)c3)on2)C1=O. The number of aromatic nitrogens is 4. The molecule has 0 spiro atoms. The van der Waals surface area contributed by atoms with E-state index in [-0.39, 0.29) is 18.0 Å². The van der Waals surface area contributed by atoms with Gasteiger partial charge in [0, 0.05) is 55.0 Å². The molecule has 1 N–H and O–H groups in total. The van der Waals surface area contributed by atoms with Gasteiger partial charge in [0.2, 0.25) is 0 Å². The lowest BCUT2D eigenvalue weighted by Gasteiger charge is -2.16. The van der Waals surface area contributed by atoms with Crippen LogP contribution >= 0.6 is 11.6 Å². The Balaban J connectivity index is 1.51.